The maximum atomic E-state index is 12.0. The molecule has 1 aliphatic heterocycles. The van der Waals surface area contributed by atoms with Gasteiger partial charge in [0, 0.05) is 50.5 Å². The number of rotatable bonds is 6. The largest absolute Gasteiger partial charge is 0.353 e. The number of carbonyl (C=O) groups is 1. The number of nitrogens with one attached hydrogen (secondary N) is 1. The smallest absolute Gasteiger partial charge is 0.230 e. The van der Waals surface area contributed by atoms with Gasteiger partial charge in [-0.05, 0) is 30.5 Å². The fourth-order valence-corrected chi connectivity index (χ4v) is 3.36. The highest BCUT2D eigenvalue weighted by Gasteiger charge is 2.20. The van der Waals surface area contributed by atoms with Crippen molar-refractivity contribution in [3.05, 3.63) is 48.5 Å². The first-order chi connectivity index (χ1) is 11.8. The van der Waals surface area contributed by atoms with Crippen molar-refractivity contribution >= 4 is 17.7 Å². The Morgan fingerprint density at radius 1 is 1.21 bits per heavy atom. The molecule has 1 amide bonds. The summed E-state index contributed by atoms with van der Waals surface area (Å²) in [5.74, 6) is 0.415. The van der Waals surface area contributed by atoms with Crippen LogP contribution in [0.4, 0.5) is 0 Å². The Hall–Kier alpha value is -1.99. The van der Waals surface area contributed by atoms with Gasteiger partial charge in [-0.1, -0.05) is 17.8 Å². The second kappa shape index (κ2) is 8.75. The van der Waals surface area contributed by atoms with Gasteiger partial charge in [0.2, 0.25) is 5.91 Å². The van der Waals surface area contributed by atoms with Crippen LogP contribution in [0.5, 0.6) is 0 Å². The van der Waals surface area contributed by atoms with Crippen LogP contribution in [0.25, 0.3) is 0 Å². The molecule has 1 fully saturated rings. The summed E-state index contributed by atoms with van der Waals surface area (Å²) in [5, 5.41) is 3.76. The molecular formula is C17H21N5OS. The lowest BCUT2D eigenvalue weighted by Gasteiger charge is -2.32. The van der Waals surface area contributed by atoms with E-state index in [0.29, 0.717) is 10.9 Å². The Morgan fingerprint density at radius 2 is 2.00 bits per heavy atom. The highest BCUT2D eigenvalue weighted by Crippen LogP contribution is 2.15. The SMILES string of the molecule is O=C(CSc1ncccn1)NC1CCN(Cc2cccnc2)CC1. The third kappa shape index (κ3) is 5.28. The molecule has 0 aliphatic carbocycles. The zero-order chi connectivity index (χ0) is 16.6. The van der Waals surface area contributed by atoms with Crippen LogP contribution in [-0.2, 0) is 11.3 Å². The predicted octanol–water partition coefficient (Wildman–Crippen LogP) is 1.74. The molecule has 0 spiro atoms. The fraction of sp³-hybridized carbons (Fsp3) is 0.412. The molecule has 1 N–H and O–H groups in total. The number of hydrogen-bond acceptors (Lipinski definition) is 6. The Balaban J connectivity index is 1.36. The van der Waals surface area contributed by atoms with Crippen LogP contribution in [0.3, 0.4) is 0 Å². The average molecular weight is 343 g/mol. The third-order valence-electron chi connectivity index (χ3n) is 3.96. The van der Waals surface area contributed by atoms with E-state index in [4.69, 9.17) is 0 Å². The molecule has 1 saturated heterocycles. The van der Waals surface area contributed by atoms with Crippen molar-refractivity contribution in [1.82, 2.24) is 25.2 Å². The van der Waals surface area contributed by atoms with Crippen molar-refractivity contribution in [2.45, 2.75) is 30.6 Å². The van der Waals surface area contributed by atoms with Crippen molar-refractivity contribution in [2.24, 2.45) is 0 Å². The number of piperidine rings is 1. The summed E-state index contributed by atoms with van der Waals surface area (Å²) < 4.78 is 0. The summed E-state index contributed by atoms with van der Waals surface area (Å²) >= 11 is 1.37. The number of carbonyl (C=O) groups excluding carboxylic acids is 1. The normalized spacial score (nSPS) is 16.0. The molecule has 1 aliphatic rings. The lowest BCUT2D eigenvalue weighted by Crippen LogP contribution is -2.44. The fourth-order valence-electron chi connectivity index (χ4n) is 2.74. The number of pyridine rings is 1. The summed E-state index contributed by atoms with van der Waals surface area (Å²) in [7, 11) is 0. The van der Waals surface area contributed by atoms with Gasteiger partial charge in [-0.2, -0.15) is 0 Å². The second-order valence-electron chi connectivity index (χ2n) is 5.80. The number of hydrogen-bond donors (Lipinski definition) is 1. The first-order valence-electron chi connectivity index (χ1n) is 8.10. The Kier molecular flexibility index (Phi) is 6.14. The molecule has 126 valence electrons. The maximum absolute atomic E-state index is 12.0. The molecule has 0 saturated carbocycles. The van der Waals surface area contributed by atoms with Crippen LogP contribution >= 0.6 is 11.8 Å². The van der Waals surface area contributed by atoms with Crippen LogP contribution in [0.2, 0.25) is 0 Å². The maximum Gasteiger partial charge on any atom is 0.230 e. The van der Waals surface area contributed by atoms with Gasteiger partial charge in [0.1, 0.15) is 0 Å². The van der Waals surface area contributed by atoms with Gasteiger partial charge in [-0.3, -0.25) is 14.7 Å². The molecule has 2 aromatic rings. The molecule has 0 unspecified atom stereocenters. The van der Waals surface area contributed by atoms with Gasteiger partial charge < -0.3 is 5.32 Å². The van der Waals surface area contributed by atoms with Crippen molar-refractivity contribution in [3.8, 4) is 0 Å². The van der Waals surface area contributed by atoms with Gasteiger partial charge in [-0.25, -0.2) is 9.97 Å². The monoisotopic (exact) mass is 343 g/mol. The van der Waals surface area contributed by atoms with Crippen LogP contribution in [0.1, 0.15) is 18.4 Å². The van der Waals surface area contributed by atoms with Gasteiger partial charge in [0.05, 0.1) is 5.75 Å². The molecule has 2 aromatic heterocycles. The molecule has 0 radical (unpaired) electrons. The van der Waals surface area contributed by atoms with E-state index in [-0.39, 0.29) is 11.9 Å². The van der Waals surface area contributed by atoms with E-state index in [0.717, 1.165) is 32.5 Å². The number of nitrogens with zero attached hydrogens (tertiary/aromatic N) is 4. The number of amides is 1. The number of aromatic nitrogens is 3. The zero-order valence-electron chi connectivity index (χ0n) is 13.5. The topological polar surface area (TPSA) is 71.0 Å². The van der Waals surface area contributed by atoms with Gasteiger partial charge in [0.15, 0.2) is 5.16 Å². The predicted molar refractivity (Wildman–Crippen MR) is 93.4 cm³/mol. The molecule has 0 aromatic carbocycles. The average Bonchev–Trinajstić information content (AvgIpc) is 2.63. The number of thioether (sulfide) groups is 1. The Morgan fingerprint density at radius 3 is 2.71 bits per heavy atom. The molecule has 6 nitrogen and oxygen atoms in total. The molecule has 0 bridgehead atoms. The van der Waals surface area contributed by atoms with Crippen LogP contribution in [-0.4, -0.2) is 50.6 Å². The Bertz CT molecular complexity index is 632. The summed E-state index contributed by atoms with van der Waals surface area (Å²) in [6.45, 7) is 2.92. The van der Waals surface area contributed by atoms with Gasteiger partial charge >= 0.3 is 0 Å². The molecule has 7 heteroatoms. The van der Waals surface area contributed by atoms with Crippen molar-refractivity contribution in [3.63, 3.8) is 0 Å². The van der Waals surface area contributed by atoms with Crippen molar-refractivity contribution in [1.29, 1.82) is 0 Å². The van der Waals surface area contributed by atoms with E-state index in [2.05, 4.69) is 31.2 Å². The first-order valence-corrected chi connectivity index (χ1v) is 9.08. The lowest BCUT2D eigenvalue weighted by atomic mass is 10.0. The molecular weight excluding hydrogens is 322 g/mol. The molecule has 24 heavy (non-hydrogen) atoms. The zero-order valence-corrected chi connectivity index (χ0v) is 14.3. The Labute approximate surface area is 146 Å². The third-order valence-corrected chi connectivity index (χ3v) is 4.83. The minimum atomic E-state index is 0.0539. The minimum Gasteiger partial charge on any atom is -0.353 e. The number of likely N-dealkylation sites (tertiary alicyclic amines) is 1. The van der Waals surface area contributed by atoms with Gasteiger partial charge in [-0.15, -0.1) is 0 Å². The van der Waals surface area contributed by atoms with E-state index >= 15 is 0 Å². The minimum absolute atomic E-state index is 0.0539. The van der Waals surface area contributed by atoms with Crippen LogP contribution in [0, 0.1) is 0 Å². The standard InChI is InChI=1S/C17H21N5OS/c23-16(13-24-17-19-7-2-8-20-17)21-15-4-9-22(10-5-15)12-14-3-1-6-18-11-14/h1-3,6-8,11,15H,4-5,9-10,12-13H2,(H,21,23). The second-order valence-corrected chi connectivity index (χ2v) is 6.74. The van der Waals surface area contributed by atoms with E-state index in [9.17, 15) is 4.79 Å². The van der Waals surface area contributed by atoms with Crippen molar-refractivity contribution in [2.75, 3.05) is 18.8 Å². The lowest BCUT2D eigenvalue weighted by molar-refractivity contribution is -0.119. The molecule has 0 atom stereocenters. The van der Waals surface area contributed by atoms with E-state index in [1.54, 1.807) is 24.7 Å². The van der Waals surface area contributed by atoms with E-state index < -0.39 is 0 Å². The molecule has 3 heterocycles. The van der Waals surface area contributed by atoms with Gasteiger partial charge in [0.25, 0.3) is 0 Å². The summed E-state index contributed by atoms with van der Waals surface area (Å²) in [6.07, 6.45) is 9.05. The van der Waals surface area contributed by atoms with Crippen LogP contribution < -0.4 is 5.32 Å². The van der Waals surface area contributed by atoms with Crippen molar-refractivity contribution < 1.29 is 4.79 Å². The molecule has 3 rings (SSSR count). The van der Waals surface area contributed by atoms with Crippen LogP contribution in [0.15, 0.2) is 48.1 Å². The van der Waals surface area contributed by atoms with E-state index in [1.165, 1.54) is 17.3 Å². The highest BCUT2D eigenvalue weighted by atomic mass is 32.2. The first kappa shape index (κ1) is 16.9. The van der Waals surface area contributed by atoms with E-state index in [1.807, 2.05) is 12.3 Å². The summed E-state index contributed by atoms with van der Waals surface area (Å²) in [5.41, 5.74) is 1.24. The summed E-state index contributed by atoms with van der Waals surface area (Å²) in [4.78, 5) is 26.8. The summed E-state index contributed by atoms with van der Waals surface area (Å²) in [6, 6.07) is 6.10. The highest BCUT2D eigenvalue weighted by molar-refractivity contribution is 7.99. The quantitative estimate of drug-likeness (QED) is 0.636.